The molecule has 0 spiro atoms. The van der Waals surface area contributed by atoms with Gasteiger partial charge in [-0.05, 0) is 90.4 Å². The van der Waals surface area contributed by atoms with Crippen molar-refractivity contribution in [2.75, 3.05) is 32.2 Å². The fourth-order valence-corrected chi connectivity index (χ4v) is 5.27. The van der Waals surface area contributed by atoms with Crippen LogP contribution in [0.2, 0.25) is 0 Å². The first kappa shape index (κ1) is 77.8. The molecular weight excluding hydrogens is 1070 g/mol. The second-order valence-corrected chi connectivity index (χ2v) is 19.2. The number of ether oxygens (including phenoxy) is 4. The van der Waals surface area contributed by atoms with E-state index in [1.54, 1.807) is 25.1 Å². The number of nitrogens with one attached hydrogen (secondary N) is 1. The minimum Gasteiger partial charge on any atom is -0.508 e. The third-order valence-electron chi connectivity index (χ3n) is 6.95. The first-order valence-corrected chi connectivity index (χ1v) is 25.1. The fourth-order valence-electron chi connectivity index (χ4n) is 3.50. The number of benzene rings is 2. The Hall–Kier alpha value is -6.10. The van der Waals surface area contributed by atoms with Crippen LogP contribution in [0.15, 0.2) is 121 Å². The third kappa shape index (κ3) is 49.9. The second-order valence-electron chi connectivity index (χ2n) is 15.1. The van der Waals surface area contributed by atoms with Crippen molar-refractivity contribution in [3.05, 3.63) is 121 Å². The molecule has 29 heteroatoms. The van der Waals surface area contributed by atoms with Crippen LogP contribution >= 0.6 is 7.82 Å². The van der Waals surface area contributed by atoms with Gasteiger partial charge in [-0.15, -0.1) is 0 Å². The summed E-state index contributed by atoms with van der Waals surface area (Å²) in [7, 11) is -12.6. The van der Waals surface area contributed by atoms with Crippen molar-refractivity contribution in [1.82, 2.24) is 5.32 Å². The molecular formula is C46H64NNaO24PS2+. The maximum atomic E-state index is 11.2. The Labute approximate surface area is 457 Å². The zero-order chi connectivity index (χ0) is 58.8. The summed E-state index contributed by atoms with van der Waals surface area (Å²) in [5.41, 5.74) is 1.08. The third-order valence-corrected chi connectivity index (χ3v) is 9.43. The van der Waals surface area contributed by atoms with E-state index in [1.807, 2.05) is 0 Å². The van der Waals surface area contributed by atoms with Crippen molar-refractivity contribution in [2.24, 2.45) is 0 Å². The molecule has 0 aliphatic carbocycles. The van der Waals surface area contributed by atoms with Crippen LogP contribution in [0.25, 0.3) is 6.08 Å². The van der Waals surface area contributed by atoms with E-state index in [2.05, 4.69) is 63.5 Å². The monoisotopic (exact) mass is 1130 g/mol. The Bertz CT molecular complexity index is 2560. The first-order valence-electron chi connectivity index (χ1n) is 20.5. The molecule has 0 radical (unpaired) electrons. The maximum Gasteiger partial charge on any atom is 1.00 e. The number of phosphoric ester groups is 1. The normalized spacial score (nSPS) is 10.2. The number of amides is 1. The number of carbonyl (C=O) groups excluding carboxylic acids is 5. The first-order chi connectivity index (χ1) is 33.6. The van der Waals surface area contributed by atoms with Crippen molar-refractivity contribution in [3.63, 3.8) is 0 Å². The number of hydrogen-bond acceptors (Lipinski definition) is 18. The molecule has 0 saturated heterocycles. The number of phenols is 1. The molecule has 1 amide bonds. The van der Waals surface area contributed by atoms with Crippen LogP contribution in [0.5, 0.6) is 11.5 Å². The van der Waals surface area contributed by atoms with E-state index >= 15 is 0 Å². The summed E-state index contributed by atoms with van der Waals surface area (Å²) in [4.78, 5) is 90.7. The standard InChI is InChI=1S/C10H14O6.C10H10O3.C8H15NO4S.C8H8O3S.C6H11O6P.C4H6O2.Na/c1-7(2)10(14)16-6-5-15-9(13)4-3-8(11)12;1-7(2)10(12)13-9-5-3-8(11)4-6-9;1-6(2)7(10)9-8(3,4)5-14(11,12)13;1-2-7-3-5-8(6-4-7)12(9,10)11;1-5(2)6(7)11-3-4-12-13(8,9)10;1-3(2)4(5)6;/h1,3-6H2,2H3,(H,11,12);3-6,11H,1H2,2H3;1,5H2,2-4H3,(H,9,10)(H,11,12,13);2-6H,1H2,(H,9,10,11);1,3-4H2,2H3,(H2,8,9,10);1H2,2H3,(H,5,6);/q;;;;;;+1. The van der Waals surface area contributed by atoms with E-state index in [-0.39, 0.29) is 102 Å². The molecule has 0 bridgehead atoms. The van der Waals surface area contributed by atoms with Crippen molar-refractivity contribution in [2.45, 2.75) is 71.7 Å². The topological polar surface area (TPSA) is 405 Å². The van der Waals surface area contributed by atoms with Gasteiger partial charge in [-0.3, -0.25) is 28.0 Å². The van der Waals surface area contributed by atoms with E-state index in [0.717, 1.165) is 5.56 Å². The van der Waals surface area contributed by atoms with Gasteiger partial charge in [0.25, 0.3) is 20.2 Å². The summed E-state index contributed by atoms with van der Waals surface area (Å²) in [6, 6.07) is 11.7. The van der Waals surface area contributed by atoms with Gasteiger partial charge in [0, 0.05) is 27.9 Å². The zero-order valence-corrected chi connectivity index (χ0v) is 47.3. The summed E-state index contributed by atoms with van der Waals surface area (Å²) in [5.74, 6) is -4.70. The molecule has 8 N–H and O–H groups in total. The molecule has 0 aliphatic heterocycles. The number of carbonyl (C=O) groups is 7. The Morgan fingerprint density at radius 3 is 1.40 bits per heavy atom. The van der Waals surface area contributed by atoms with Gasteiger partial charge in [-0.1, -0.05) is 57.7 Å². The summed E-state index contributed by atoms with van der Waals surface area (Å²) >= 11 is 0. The fraction of sp³-hybridized carbons (Fsp3) is 0.326. The summed E-state index contributed by atoms with van der Waals surface area (Å²) < 4.78 is 92.3. The molecule has 2 aromatic rings. The van der Waals surface area contributed by atoms with Gasteiger partial charge in [0.15, 0.2) is 0 Å². The van der Waals surface area contributed by atoms with Crippen LogP contribution in [0, 0.1) is 0 Å². The van der Waals surface area contributed by atoms with E-state index < -0.39 is 81.1 Å². The molecule has 414 valence electrons. The van der Waals surface area contributed by atoms with Gasteiger partial charge < -0.3 is 49.4 Å². The smallest absolute Gasteiger partial charge is 0.508 e. The average molecular weight is 1130 g/mol. The Morgan fingerprint density at radius 1 is 0.653 bits per heavy atom. The summed E-state index contributed by atoms with van der Waals surface area (Å²) in [6.07, 6.45) is 1.13. The van der Waals surface area contributed by atoms with Gasteiger partial charge in [0.2, 0.25) is 5.91 Å². The van der Waals surface area contributed by atoms with Crippen LogP contribution in [-0.4, -0.2) is 130 Å². The number of rotatable bonds is 21. The molecule has 0 heterocycles. The SMILES string of the molecule is C=C(C)C(=O)NC(C)(C)CS(=O)(=O)O.C=C(C)C(=O)O.C=C(C)C(=O)OCCOC(=O)CCC(=O)O.C=C(C)C(=O)OCCOP(=O)(O)O.C=C(C)C(=O)Oc1ccc(O)cc1.C=Cc1ccc(S(=O)(=O)O)cc1.[Na+]. The molecule has 2 rings (SSSR count). The summed E-state index contributed by atoms with van der Waals surface area (Å²) in [6.45, 7) is 30.0. The number of phenolic OH excluding ortho intramolecular Hbond substituents is 1. The number of carboxylic acids is 2. The molecule has 0 fully saturated rings. The number of phosphoric acid groups is 1. The van der Waals surface area contributed by atoms with Crippen molar-refractivity contribution in [1.29, 1.82) is 0 Å². The molecule has 0 aromatic heterocycles. The predicted octanol–water partition coefficient (Wildman–Crippen LogP) is 2.17. The van der Waals surface area contributed by atoms with Crippen molar-refractivity contribution in [3.8, 4) is 11.5 Å². The second kappa shape index (κ2) is 39.3. The van der Waals surface area contributed by atoms with Crippen LogP contribution < -0.4 is 39.6 Å². The van der Waals surface area contributed by atoms with Crippen LogP contribution in [0.1, 0.15) is 66.9 Å². The van der Waals surface area contributed by atoms with Crippen molar-refractivity contribution >= 4 is 75.9 Å². The molecule has 0 atom stereocenters. The molecule has 75 heavy (non-hydrogen) atoms. The Kier molecular flexibility index (Phi) is 40.8. The average Bonchev–Trinajstić information content (AvgIpc) is 3.25. The molecule has 0 saturated carbocycles. The summed E-state index contributed by atoms with van der Waals surface area (Å²) in [5, 5.41) is 27.5. The number of aromatic hydroxyl groups is 1. The van der Waals surface area contributed by atoms with Crippen LogP contribution in [-0.2, 0) is 77.1 Å². The van der Waals surface area contributed by atoms with Crippen LogP contribution in [0.4, 0.5) is 0 Å². The van der Waals surface area contributed by atoms with Gasteiger partial charge in [0.1, 0.15) is 31.3 Å². The van der Waals surface area contributed by atoms with Crippen molar-refractivity contribution < 1.29 is 142 Å². The van der Waals surface area contributed by atoms with Gasteiger partial charge in [-0.25, -0.2) is 23.7 Å². The molecule has 0 aliphatic rings. The minimum absolute atomic E-state index is 0. The van der Waals surface area contributed by atoms with Gasteiger partial charge in [0.05, 0.1) is 35.6 Å². The number of hydrogen-bond donors (Lipinski definition) is 8. The quantitative estimate of drug-likeness (QED) is 0.0130. The molecule has 0 unspecified atom stereocenters. The zero-order valence-electron chi connectivity index (χ0n) is 42.7. The Morgan fingerprint density at radius 2 is 1.07 bits per heavy atom. The van der Waals surface area contributed by atoms with E-state index in [0.29, 0.717) is 11.3 Å². The van der Waals surface area contributed by atoms with E-state index in [4.69, 9.17) is 38.9 Å². The van der Waals surface area contributed by atoms with Crippen LogP contribution in [0.3, 0.4) is 0 Å². The minimum atomic E-state index is -4.46. The van der Waals surface area contributed by atoms with Gasteiger partial charge >= 0.3 is 73.2 Å². The maximum absolute atomic E-state index is 11.2. The largest absolute Gasteiger partial charge is 1.00 e. The number of esters is 4. The molecule has 2 aromatic carbocycles. The van der Waals surface area contributed by atoms with E-state index in [1.165, 1.54) is 77.9 Å². The van der Waals surface area contributed by atoms with E-state index in [9.17, 15) is 55.0 Å². The van der Waals surface area contributed by atoms with Gasteiger partial charge in [-0.2, -0.15) is 16.8 Å². The number of carboxylic acid groups (broad SMARTS) is 2. The Balaban J connectivity index is -0.000000264. The molecule has 25 nitrogen and oxygen atoms in total. The number of aliphatic carboxylic acids is 2. The predicted molar refractivity (Wildman–Crippen MR) is 268 cm³/mol.